The number of hydrogen-bond acceptors (Lipinski definition) is 4. The summed E-state index contributed by atoms with van der Waals surface area (Å²) in [6.45, 7) is 7.11. The molecule has 1 aliphatic rings. The highest BCUT2D eigenvalue weighted by atomic mass is 32.2. The fourth-order valence-corrected chi connectivity index (χ4v) is 3.22. The molecule has 1 saturated heterocycles. The molecule has 2 amide bonds. The van der Waals surface area contributed by atoms with Crippen LogP contribution in [-0.2, 0) is 9.59 Å². The highest BCUT2D eigenvalue weighted by molar-refractivity contribution is 7.99. The molecule has 1 rings (SSSR count). The molecule has 5 nitrogen and oxygen atoms in total. The number of piperidine rings is 1. The summed E-state index contributed by atoms with van der Waals surface area (Å²) in [5, 5.41) is 12.3. The van der Waals surface area contributed by atoms with Crippen molar-refractivity contribution in [1.29, 1.82) is 0 Å². The Morgan fingerprint density at radius 1 is 1.29 bits per heavy atom. The smallest absolute Gasteiger partial charge is 0.225 e. The lowest BCUT2D eigenvalue weighted by Crippen LogP contribution is -2.48. The number of hydrogen-bond donors (Lipinski definition) is 2. The van der Waals surface area contributed by atoms with Gasteiger partial charge in [-0.1, -0.05) is 13.8 Å². The first kappa shape index (κ1) is 18.3. The number of nitrogens with one attached hydrogen (secondary N) is 1. The van der Waals surface area contributed by atoms with Gasteiger partial charge < -0.3 is 15.3 Å². The first-order chi connectivity index (χ1) is 9.90. The third-order valence-electron chi connectivity index (χ3n) is 4.08. The minimum Gasteiger partial charge on any atom is -0.395 e. The number of aliphatic hydroxyl groups is 1. The van der Waals surface area contributed by atoms with Gasteiger partial charge in [0.25, 0.3) is 0 Å². The number of thioether (sulfide) groups is 1. The highest BCUT2D eigenvalue weighted by Gasteiger charge is 2.29. The highest BCUT2D eigenvalue weighted by Crippen LogP contribution is 2.20. The summed E-state index contributed by atoms with van der Waals surface area (Å²) in [6, 6.07) is -0.0483. The van der Waals surface area contributed by atoms with Gasteiger partial charge >= 0.3 is 0 Å². The summed E-state index contributed by atoms with van der Waals surface area (Å²) in [6.07, 6.45) is 3.37. The van der Waals surface area contributed by atoms with Crippen LogP contribution in [0.4, 0.5) is 0 Å². The molecule has 0 saturated carbocycles. The van der Waals surface area contributed by atoms with E-state index in [1.807, 2.05) is 31.9 Å². The van der Waals surface area contributed by atoms with E-state index in [1.54, 1.807) is 11.8 Å². The Bertz CT molecular complexity index is 351. The fraction of sp³-hybridized carbons (Fsp3) is 0.867. The van der Waals surface area contributed by atoms with Crippen LogP contribution >= 0.6 is 11.8 Å². The van der Waals surface area contributed by atoms with E-state index in [0.29, 0.717) is 13.1 Å². The van der Waals surface area contributed by atoms with Gasteiger partial charge in [0, 0.05) is 36.2 Å². The monoisotopic (exact) mass is 316 g/mol. The topological polar surface area (TPSA) is 69.6 Å². The predicted molar refractivity (Wildman–Crippen MR) is 86.1 cm³/mol. The van der Waals surface area contributed by atoms with Gasteiger partial charge in [0.15, 0.2) is 0 Å². The Balaban J connectivity index is 2.43. The van der Waals surface area contributed by atoms with Gasteiger partial charge in [-0.3, -0.25) is 9.59 Å². The number of rotatable bonds is 6. The normalized spacial score (nSPS) is 19.4. The van der Waals surface area contributed by atoms with Crippen molar-refractivity contribution in [2.75, 3.05) is 26.0 Å². The Hall–Kier alpha value is -0.750. The van der Waals surface area contributed by atoms with Crippen molar-refractivity contribution in [1.82, 2.24) is 10.2 Å². The summed E-state index contributed by atoms with van der Waals surface area (Å²) in [7, 11) is 0. The van der Waals surface area contributed by atoms with Crippen molar-refractivity contribution >= 4 is 23.6 Å². The van der Waals surface area contributed by atoms with Crippen LogP contribution in [0.25, 0.3) is 0 Å². The molecule has 1 heterocycles. The molecule has 0 radical (unpaired) electrons. The lowest BCUT2D eigenvalue weighted by atomic mass is 9.94. The van der Waals surface area contributed by atoms with E-state index in [2.05, 4.69) is 5.32 Å². The largest absolute Gasteiger partial charge is 0.395 e. The Labute approximate surface area is 131 Å². The van der Waals surface area contributed by atoms with Crippen molar-refractivity contribution in [2.24, 2.45) is 11.8 Å². The van der Waals surface area contributed by atoms with E-state index in [1.165, 1.54) is 0 Å². The van der Waals surface area contributed by atoms with Crippen LogP contribution in [0.15, 0.2) is 0 Å². The minimum atomic E-state index is -0.0483. The van der Waals surface area contributed by atoms with Crippen LogP contribution in [0.5, 0.6) is 0 Å². The number of amides is 2. The van der Waals surface area contributed by atoms with Crippen molar-refractivity contribution in [2.45, 2.75) is 44.9 Å². The number of likely N-dealkylation sites (tertiary alicyclic amines) is 1. The standard InChI is InChI=1S/C15H28N2O3S/c1-10(2)15(20)17-7-5-12(6-8-17)14(19)16-11(3)13(9-18)21-4/h10-13,18H,5-9H2,1-4H3,(H,16,19). The first-order valence-electron chi connectivity index (χ1n) is 7.63. The Kier molecular flexibility index (Phi) is 7.52. The van der Waals surface area contributed by atoms with Crippen molar-refractivity contribution < 1.29 is 14.7 Å². The maximum atomic E-state index is 12.2. The zero-order valence-corrected chi connectivity index (χ0v) is 14.3. The first-order valence-corrected chi connectivity index (χ1v) is 8.92. The zero-order chi connectivity index (χ0) is 16.0. The van der Waals surface area contributed by atoms with E-state index in [0.717, 1.165) is 12.8 Å². The number of carbonyl (C=O) groups excluding carboxylic acids is 2. The molecule has 2 unspecified atom stereocenters. The Morgan fingerprint density at radius 2 is 1.86 bits per heavy atom. The second-order valence-corrected chi connectivity index (χ2v) is 7.09. The van der Waals surface area contributed by atoms with E-state index in [-0.39, 0.29) is 41.5 Å². The summed E-state index contributed by atoms with van der Waals surface area (Å²) in [5.41, 5.74) is 0. The molecule has 0 aromatic heterocycles. The molecule has 0 aromatic rings. The summed E-state index contributed by atoms with van der Waals surface area (Å²) < 4.78 is 0. The van der Waals surface area contributed by atoms with E-state index in [4.69, 9.17) is 0 Å². The van der Waals surface area contributed by atoms with Gasteiger partial charge in [0.1, 0.15) is 0 Å². The van der Waals surface area contributed by atoms with Crippen molar-refractivity contribution in [3.8, 4) is 0 Å². The molecule has 0 spiro atoms. The third kappa shape index (κ3) is 5.18. The predicted octanol–water partition coefficient (Wildman–Crippen LogP) is 1.11. The molecule has 1 fully saturated rings. The molecular formula is C15H28N2O3S. The van der Waals surface area contributed by atoms with Crippen LogP contribution in [0.1, 0.15) is 33.6 Å². The van der Waals surface area contributed by atoms with E-state index in [9.17, 15) is 14.7 Å². The van der Waals surface area contributed by atoms with Crippen molar-refractivity contribution in [3.63, 3.8) is 0 Å². The maximum absolute atomic E-state index is 12.2. The summed E-state index contributed by atoms with van der Waals surface area (Å²) in [4.78, 5) is 26.0. The van der Waals surface area contributed by atoms with Crippen LogP contribution < -0.4 is 5.32 Å². The molecule has 122 valence electrons. The molecule has 0 bridgehead atoms. The SMILES string of the molecule is CSC(CO)C(C)NC(=O)C1CCN(C(=O)C(C)C)CC1. The quantitative estimate of drug-likeness (QED) is 0.770. The number of aliphatic hydroxyl groups excluding tert-OH is 1. The molecule has 0 aromatic carbocycles. The number of nitrogens with zero attached hydrogens (tertiary/aromatic N) is 1. The molecule has 1 aliphatic heterocycles. The van der Waals surface area contributed by atoms with Crippen LogP contribution in [0.3, 0.4) is 0 Å². The van der Waals surface area contributed by atoms with Gasteiger partial charge in [0.2, 0.25) is 11.8 Å². The van der Waals surface area contributed by atoms with Crippen LogP contribution in [0.2, 0.25) is 0 Å². The summed E-state index contributed by atoms with van der Waals surface area (Å²) in [5.74, 6) is 0.212. The molecule has 0 aliphatic carbocycles. The molecule has 6 heteroatoms. The zero-order valence-electron chi connectivity index (χ0n) is 13.5. The van der Waals surface area contributed by atoms with E-state index < -0.39 is 0 Å². The molecule has 2 N–H and O–H groups in total. The maximum Gasteiger partial charge on any atom is 0.225 e. The van der Waals surface area contributed by atoms with Crippen LogP contribution in [0, 0.1) is 11.8 Å². The second-order valence-electron chi connectivity index (χ2n) is 6.01. The van der Waals surface area contributed by atoms with Gasteiger partial charge in [-0.05, 0) is 26.0 Å². The van der Waals surface area contributed by atoms with Crippen molar-refractivity contribution in [3.05, 3.63) is 0 Å². The number of carbonyl (C=O) groups is 2. The fourth-order valence-electron chi connectivity index (χ4n) is 2.60. The van der Waals surface area contributed by atoms with Gasteiger partial charge in [0.05, 0.1) is 6.61 Å². The molecular weight excluding hydrogens is 288 g/mol. The lowest BCUT2D eigenvalue weighted by Gasteiger charge is -2.33. The minimum absolute atomic E-state index is 0.0160. The summed E-state index contributed by atoms with van der Waals surface area (Å²) >= 11 is 1.56. The van der Waals surface area contributed by atoms with Gasteiger partial charge in [-0.15, -0.1) is 0 Å². The average Bonchev–Trinajstić information content (AvgIpc) is 2.47. The van der Waals surface area contributed by atoms with Crippen LogP contribution in [-0.4, -0.2) is 59.1 Å². The second kappa shape index (κ2) is 8.63. The molecule has 21 heavy (non-hydrogen) atoms. The molecule has 2 atom stereocenters. The third-order valence-corrected chi connectivity index (χ3v) is 5.24. The lowest BCUT2D eigenvalue weighted by molar-refractivity contribution is -0.138. The Morgan fingerprint density at radius 3 is 2.29 bits per heavy atom. The average molecular weight is 316 g/mol. The van der Waals surface area contributed by atoms with Gasteiger partial charge in [-0.2, -0.15) is 11.8 Å². The van der Waals surface area contributed by atoms with E-state index >= 15 is 0 Å². The van der Waals surface area contributed by atoms with Gasteiger partial charge in [-0.25, -0.2) is 0 Å².